The fraction of sp³-hybridized carbons (Fsp3) is 0.571. The molecule has 1 heterocycles. The van der Waals surface area contributed by atoms with Gasteiger partial charge in [0.1, 0.15) is 0 Å². The van der Waals surface area contributed by atoms with Crippen LogP contribution in [-0.4, -0.2) is 24.5 Å². The molecular formula is C14H20F2N2. The van der Waals surface area contributed by atoms with Crippen LogP contribution in [-0.2, 0) is 0 Å². The highest BCUT2D eigenvalue weighted by Crippen LogP contribution is 2.37. The van der Waals surface area contributed by atoms with E-state index in [0.717, 1.165) is 25.1 Å². The highest BCUT2D eigenvalue weighted by atomic mass is 19.3. The molecule has 1 aliphatic rings. The number of likely N-dealkylation sites (tertiary alicyclic amines) is 1. The summed E-state index contributed by atoms with van der Waals surface area (Å²) in [4.78, 5) is 2.32. The number of hydrogen-bond donors (Lipinski definition) is 1. The van der Waals surface area contributed by atoms with Gasteiger partial charge in [0.2, 0.25) is 0 Å². The Kier molecular flexibility index (Phi) is 4.30. The summed E-state index contributed by atoms with van der Waals surface area (Å²) in [5.41, 5.74) is 6.88. The molecule has 2 N–H and O–H groups in total. The number of benzene rings is 1. The minimum Gasteiger partial charge on any atom is -0.330 e. The van der Waals surface area contributed by atoms with Gasteiger partial charge in [0.05, 0.1) is 0 Å². The molecule has 1 fully saturated rings. The standard InChI is InChI=1S/C14H20F2N2/c1-2-18-7-6-12(9-17)13(18)10-4-3-5-11(8-10)14(15)16/h3-5,8,12-14H,2,6-7,9,17H2,1H3. The average molecular weight is 254 g/mol. The lowest BCUT2D eigenvalue weighted by molar-refractivity contribution is 0.151. The minimum atomic E-state index is -2.40. The van der Waals surface area contributed by atoms with Gasteiger partial charge in [0, 0.05) is 11.6 Å². The maximum absolute atomic E-state index is 12.8. The van der Waals surface area contributed by atoms with Gasteiger partial charge in [-0.2, -0.15) is 0 Å². The quantitative estimate of drug-likeness (QED) is 0.895. The van der Waals surface area contributed by atoms with E-state index in [1.54, 1.807) is 12.1 Å². The van der Waals surface area contributed by atoms with E-state index in [0.29, 0.717) is 12.5 Å². The van der Waals surface area contributed by atoms with E-state index in [1.165, 1.54) is 6.07 Å². The Morgan fingerprint density at radius 3 is 2.83 bits per heavy atom. The maximum atomic E-state index is 12.8. The van der Waals surface area contributed by atoms with Gasteiger partial charge in [-0.15, -0.1) is 0 Å². The number of hydrogen-bond acceptors (Lipinski definition) is 2. The Morgan fingerprint density at radius 2 is 2.22 bits per heavy atom. The van der Waals surface area contributed by atoms with Crippen LogP contribution in [0.5, 0.6) is 0 Å². The van der Waals surface area contributed by atoms with Crippen molar-refractivity contribution in [3.05, 3.63) is 35.4 Å². The predicted octanol–water partition coefficient (Wildman–Crippen LogP) is 2.97. The molecule has 0 bridgehead atoms. The molecule has 2 nitrogen and oxygen atoms in total. The molecule has 1 aromatic carbocycles. The highest BCUT2D eigenvalue weighted by Gasteiger charge is 2.33. The Bertz CT molecular complexity index is 383. The number of halogens is 2. The van der Waals surface area contributed by atoms with Gasteiger partial charge in [0.15, 0.2) is 0 Å². The largest absolute Gasteiger partial charge is 0.330 e. The summed E-state index contributed by atoms with van der Waals surface area (Å²) >= 11 is 0. The van der Waals surface area contributed by atoms with Crippen molar-refractivity contribution in [1.29, 1.82) is 0 Å². The molecule has 1 aromatic rings. The van der Waals surface area contributed by atoms with Crippen LogP contribution in [0, 0.1) is 5.92 Å². The van der Waals surface area contributed by atoms with Crippen LogP contribution >= 0.6 is 0 Å². The first-order valence-corrected chi connectivity index (χ1v) is 6.49. The normalized spacial score (nSPS) is 24.9. The van der Waals surface area contributed by atoms with Crippen LogP contribution < -0.4 is 5.73 Å². The van der Waals surface area contributed by atoms with Gasteiger partial charge in [-0.3, -0.25) is 4.90 Å². The zero-order chi connectivity index (χ0) is 13.1. The topological polar surface area (TPSA) is 29.3 Å². The third kappa shape index (κ3) is 2.54. The first-order valence-electron chi connectivity index (χ1n) is 6.49. The summed E-state index contributed by atoms with van der Waals surface area (Å²) in [6.45, 7) is 4.64. The summed E-state index contributed by atoms with van der Waals surface area (Å²) in [5, 5.41) is 0. The molecule has 0 aromatic heterocycles. The van der Waals surface area contributed by atoms with Gasteiger partial charge >= 0.3 is 0 Å². The molecule has 0 radical (unpaired) electrons. The lowest BCUT2D eigenvalue weighted by Crippen LogP contribution is -2.28. The van der Waals surface area contributed by atoms with Crippen LogP contribution in [0.3, 0.4) is 0 Å². The smallest absolute Gasteiger partial charge is 0.263 e. The minimum absolute atomic E-state index is 0.103. The number of alkyl halides is 2. The zero-order valence-corrected chi connectivity index (χ0v) is 10.7. The van der Waals surface area contributed by atoms with E-state index in [1.807, 2.05) is 6.07 Å². The molecule has 0 aliphatic carbocycles. The Morgan fingerprint density at radius 1 is 1.44 bits per heavy atom. The highest BCUT2D eigenvalue weighted by molar-refractivity contribution is 5.28. The Hall–Kier alpha value is -1.00. The van der Waals surface area contributed by atoms with E-state index in [4.69, 9.17) is 5.73 Å². The van der Waals surface area contributed by atoms with Crippen LogP contribution in [0.15, 0.2) is 24.3 Å². The molecule has 2 atom stereocenters. The Labute approximate surface area is 107 Å². The molecule has 1 aliphatic heterocycles. The molecule has 0 spiro atoms. The molecule has 1 saturated heterocycles. The average Bonchev–Trinajstić information content (AvgIpc) is 2.81. The van der Waals surface area contributed by atoms with Gasteiger partial charge < -0.3 is 5.73 Å². The lowest BCUT2D eigenvalue weighted by Gasteiger charge is -2.27. The summed E-state index contributed by atoms with van der Waals surface area (Å²) in [6, 6.07) is 6.96. The fourth-order valence-electron chi connectivity index (χ4n) is 2.89. The second kappa shape index (κ2) is 5.76. The monoisotopic (exact) mass is 254 g/mol. The van der Waals surface area contributed by atoms with E-state index in [-0.39, 0.29) is 11.6 Å². The van der Waals surface area contributed by atoms with Crippen molar-refractivity contribution in [3.63, 3.8) is 0 Å². The van der Waals surface area contributed by atoms with Crippen LogP contribution in [0.1, 0.15) is 36.9 Å². The van der Waals surface area contributed by atoms with Crippen LogP contribution in [0.25, 0.3) is 0 Å². The van der Waals surface area contributed by atoms with Crippen molar-refractivity contribution in [2.45, 2.75) is 25.8 Å². The van der Waals surface area contributed by atoms with E-state index < -0.39 is 6.43 Å². The van der Waals surface area contributed by atoms with Crippen molar-refractivity contribution in [3.8, 4) is 0 Å². The molecule has 2 unspecified atom stereocenters. The number of nitrogens with zero attached hydrogens (tertiary/aromatic N) is 1. The summed E-state index contributed by atoms with van der Waals surface area (Å²) in [6.07, 6.45) is -1.36. The molecule has 18 heavy (non-hydrogen) atoms. The third-order valence-electron chi connectivity index (χ3n) is 3.84. The van der Waals surface area contributed by atoms with Crippen molar-refractivity contribution in [2.24, 2.45) is 11.7 Å². The van der Waals surface area contributed by atoms with Gasteiger partial charge in [-0.05, 0) is 43.6 Å². The SMILES string of the molecule is CCN1CCC(CN)C1c1cccc(C(F)F)c1. The first-order chi connectivity index (χ1) is 8.67. The zero-order valence-electron chi connectivity index (χ0n) is 10.7. The van der Waals surface area contributed by atoms with Crippen LogP contribution in [0.2, 0.25) is 0 Å². The molecule has 4 heteroatoms. The molecule has 0 amide bonds. The summed E-state index contributed by atoms with van der Waals surface area (Å²) < 4.78 is 25.5. The number of rotatable bonds is 4. The third-order valence-corrected chi connectivity index (χ3v) is 3.84. The fourth-order valence-corrected chi connectivity index (χ4v) is 2.89. The first kappa shape index (κ1) is 13.4. The lowest BCUT2D eigenvalue weighted by atomic mass is 9.93. The van der Waals surface area contributed by atoms with Crippen molar-refractivity contribution in [1.82, 2.24) is 4.90 Å². The van der Waals surface area contributed by atoms with Crippen molar-refractivity contribution < 1.29 is 8.78 Å². The Balaban J connectivity index is 2.30. The van der Waals surface area contributed by atoms with Gasteiger partial charge in [0.25, 0.3) is 6.43 Å². The van der Waals surface area contributed by atoms with Crippen LogP contribution in [0.4, 0.5) is 8.78 Å². The van der Waals surface area contributed by atoms with E-state index >= 15 is 0 Å². The molecule has 100 valence electrons. The maximum Gasteiger partial charge on any atom is 0.263 e. The number of nitrogens with two attached hydrogens (primary N) is 1. The predicted molar refractivity (Wildman–Crippen MR) is 68.5 cm³/mol. The second-order valence-corrected chi connectivity index (χ2v) is 4.83. The molecule has 0 saturated carbocycles. The van der Waals surface area contributed by atoms with E-state index in [9.17, 15) is 8.78 Å². The summed E-state index contributed by atoms with van der Waals surface area (Å²) in [7, 11) is 0. The van der Waals surface area contributed by atoms with Crippen molar-refractivity contribution in [2.75, 3.05) is 19.6 Å². The van der Waals surface area contributed by atoms with Gasteiger partial charge in [-0.25, -0.2) is 8.78 Å². The summed E-state index contributed by atoms with van der Waals surface area (Å²) in [5.74, 6) is 0.373. The van der Waals surface area contributed by atoms with E-state index in [2.05, 4.69) is 11.8 Å². The molecule has 2 rings (SSSR count). The van der Waals surface area contributed by atoms with Crippen molar-refractivity contribution >= 4 is 0 Å². The van der Waals surface area contributed by atoms with Gasteiger partial charge in [-0.1, -0.05) is 25.1 Å². The molecular weight excluding hydrogens is 234 g/mol. The second-order valence-electron chi connectivity index (χ2n) is 4.83.